The van der Waals surface area contributed by atoms with E-state index < -0.39 is 0 Å². The van der Waals surface area contributed by atoms with E-state index in [4.69, 9.17) is 11.6 Å². The summed E-state index contributed by atoms with van der Waals surface area (Å²) in [5.41, 5.74) is 2.71. The lowest BCUT2D eigenvalue weighted by molar-refractivity contribution is 0.585. The summed E-state index contributed by atoms with van der Waals surface area (Å²) < 4.78 is 1.09. The van der Waals surface area contributed by atoms with Crippen LogP contribution in [0.2, 0.25) is 0 Å². The molecule has 0 aliphatic heterocycles. The maximum absolute atomic E-state index is 5.89. The molecule has 13 heavy (non-hydrogen) atoms. The van der Waals surface area contributed by atoms with Gasteiger partial charge in [-0.25, -0.2) is 0 Å². The third kappa shape index (κ3) is 2.72. The highest BCUT2D eigenvalue weighted by atomic mass is 79.9. The maximum Gasteiger partial charge on any atom is 0.0477 e. The maximum atomic E-state index is 5.89. The molecule has 1 rings (SSSR count). The Hall–Kier alpha value is -0.0100. The predicted octanol–water partition coefficient (Wildman–Crippen LogP) is 4.49. The van der Waals surface area contributed by atoms with E-state index in [2.05, 4.69) is 54.9 Å². The van der Waals surface area contributed by atoms with E-state index in [1.54, 1.807) is 0 Å². The Balaban J connectivity index is 3.22. The molecule has 0 N–H and O–H groups in total. The Bertz CT molecular complexity index is 299. The zero-order chi connectivity index (χ0) is 10.1. The van der Waals surface area contributed by atoms with Gasteiger partial charge in [-0.2, -0.15) is 0 Å². The fraction of sp³-hybridized carbons (Fsp3) is 0.455. The zero-order valence-electron chi connectivity index (χ0n) is 8.20. The molecule has 0 saturated carbocycles. The molecule has 0 aliphatic carbocycles. The number of benzene rings is 1. The summed E-state index contributed by atoms with van der Waals surface area (Å²) in [6, 6.07) is 6.30. The Morgan fingerprint density at radius 2 is 1.92 bits per heavy atom. The van der Waals surface area contributed by atoms with Crippen LogP contribution in [-0.2, 0) is 11.3 Å². The Labute approximate surface area is 93.4 Å². The molecular formula is C11H14BrCl. The number of hydrogen-bond acceptors (Lipinski definition) is 0. The topological polar surface area (TPSA) is 0 Å². The third-order valence-electron chi connectivity index (χ3n) is 2.02. The molecular weight excluding hydrogens is 247 g/mol. The van der Waals surface area contributed by atoms with Crippen LogP contribution in [-0.4, -0.2) is 0 Å². The predicted molar refractivity (Wildman–Crippen MR) is 62.4 cm³/mol. The van der Waals surface area contributed by atoms with Gasteiger partial charge in [0.05, 0.1) is 0 Å². The van der Waals surface area contributed by atoms with Crippen molar-refractivity contribution in [2.75, 3.05) is 0 Å². The van der Waals surface area contributed by atoms with Crippen molar-refractivity contribution in [1.82, 2.24) is 0 Å². The van der Waals surface area contributed by atoms with Crippen molar-refractivity contribution in [3.05, 3.63) is 33.8 Å². The van der Waals surface area contributed by atoms with Crippen LogP contribution in [0.4, 0.5) is 0 Å². The first-order chi connectivity index (χ1) is 5.95. The molecule has 1 aromatic carbocycles. The third-order valence-corrected chi connectivity index (χ3v) is 2.80. The van der Waals surface area contributed by atoms with Crippen molar-refractivity contribution in [1.29, 1.82) is 0 Å². The average molecular weight is 262 g/mol. The van der Waals surface area contributed by atoms with E-state index in [1.807, 2.05) is 0 Å². The first-order valence-corrected chi connectivity index (χ1v) is 5.63. The molecule has 0 radical (unpaired) electrons. The zero-order valence-corrected chi connectivity index (χ0v) is 10.5. The van der Waals surface area contributed by atoms with Crippen molar-refractivity contribution in [3.63, 3.8) is 0 Å². The van der Waals surface area contributed by atoms with Crippen LogP contribution in [0.15, 0.2) is 22.7 Å². The molecule has 0 aromatic heterocycles. The molecule has 72 valence electrons. The van der Waals surface area contributed by atoms with E-state index in [-0.39, 0.29) is 5.41 Å². The summed E-state index contributed by atoms with van der Waals surface area (Å²) in [4.78, 5) is 0. The fourth-order valence-electron chi connectivity index (χ4n) is 1.40. The molecule has 0 heterocycles. The minimum atomic E-state index is 0.172. The molecule has 1 aromatic rings. The van der Waals surface area contributed by atoms with Gasteiger partial charge in [0.15, 0.2) is 0 Å². The highest BCUT2D eigenvalue weighted by Gasteiger charge is 2.17. The van der Waals surface area contributed by atoms with Gasteiger partial charge in [0.25, 0.3) is 0 Å². The lowest BCUT2D eigenvalue weighted by Crippen LogP contribution is -2.13. The van der Waals surface area contributed by atoms with E-state index >= 15 is 0 Å². The smallest absolute Gasteiger partial charge is 0.0477 e. The molecule has 0 saturated heterocycles. The van der Waals surface area contributed by atoms with Crippen LogP contribution in [0.25, 0.3) is 0 Å². The lowest BCUT2D eigenvalue weighted by Gasteiger charge is -2.22. The monoisotopic (exact) mass is 260 g/mol. The highest BCUT2D eigenvalue weighted by molar-refractivity contribution is 9.10. The van der Waals surface area contributed by atoms with Crippen LogP contribution >= 0.6 is 27.5 Å². The lowest BCUT2D eigenvalue weighted by atomic mass is 9.84. The van der Waals surface area contributed by atoms with E-state index in [9.17, 15) is 0 Å². The number of halogens is 2. The molecule has 0 amide bonds. The second kappa shape index (κ2) is 4.02. The summed E-state index contributed by atoms with van der Waals surface area (Å²) in [5, 5.41) is 0. The Morgan fingerprint density at radius 1 is 1.31 bits per heavy atom. The molecule has 0 unspecified atom stereocenters. The largest absolute Gasteiger partial charge is 0.122 e. The van der Waals surface area contributed by atoms with Crippen LogP contribution in [0.5, 0.6) is 0 Å². The standard InChI is InChI=1S/C11H14BrCl/c1-11(2,3)10-5-4-9(12)6-8(10)7-13/h4-6H,7H2,1-3H3. The molecule has 0 aliphatic rings. The Morgan fingerprint density at radius 3 is 2.38 bits per heavy atom. The van der Waals surface area contributed by atoms with Gasteiger partial charge < -0.3 is 0 Å². The van der Waals surface area contributed by atoms with Gasteiger partial charge in [0, 0.05) is 10.4 Å². The van der Waals surface area contributed by atoms with Gasteiger partial charge in [0.2, 0.25) is 0 Å². The molecule has 0 fully saturated rings. The summed E-state index contributed by atoms with van der Waals surface area (Å²) in [6.07, 6.45) is 0. The summed E-state index contributed by atoms with van der Waals surface area (Å²) in [7, 11) is 0. The van der Waals surface area contributed by atoms with Gasteiger partial charge in [-0.3, -0.25) is 0 Å². The van der Waals surface area contributed by atoms with E-state index in [1.165, 1.54) is 11.1 Å². The van der Waals surface area contributed by atoms with E-state index in [0.29, 0.717) is 5.88 Å². The van der Waals surface area contributed by atoms with Gasteiger partial charge in [-0.15, -0.1) is 11.6 Å². The van der Waals surface area contributed by atoms with Crippen molar-refractivity contribution < 1.29 is 0 Å². The normalized spacial score (nSPS) is 11.8. The molecule has 0 spiro atoms. The average Bonchev–Trinajstić information content (AvgIpc) is 2.01. The van der Waals surface area contributed by atoms with Crippen LogP contribution < -0.4 is 0 Å². The molecule has 2 heteroatoms. The molecule has 0 bridgehead atoms. The van der Waals surface area contributed by atoms with Gasteiger partial charge in [-0.1, -0.05) is 42.8 Å². The first-order valence-electron chi connectivity index (χ1n) is 4.30. The van der Waals surface area contributed by atoms with Crippen LogP contribution in [0, 0.1) is 0 Å². The highest BCUT2D eigenvalue weighted by Crippen LogP contribution is 2.29. The van der Waals surface area contributed by atoms with Crippen molar-refractivity contribution >= 4 is 27.5 Å². The van der Waals surface area contributed by atoms with Crippen LogP contribution in [0.3, 0.4) is 0 Å². The quantitative estimate of drug-likeness (QED) is 0.654. The van der Waals surface area contributed by atoms with Gasteiger partial charge in [0.1, 0.15) is 0 Å². The Kier molecular flexibility index (Phi) is 3.42. The molecule has 0 nitrogen and oxygen atoms in total. The number of rotatable bonds is 1. The van der Waals surface area contributed by atoms with Crippen molar-refractivity contribution in [2.45, 2.75) is 32.1 Å². The molecule has 0 atom stereocenters. The van der Waals surface area contributed by atoms with Crippen molar-refractivity contribution in [2.24, 2.45) is 0 Å². The SMILES string of the molecule is CC(C)(C)c1ccc(Br)cc1CCl. The summed E-state index contributed by atoms with van der Waals surface area (Å²) in [5.74, 6) is 0.575. The number of alkyl halides is 1. The second-order valence-corrected chi connectivity index (χ2v) is 5.37. The minimum absolute atomic E-state index is 0.172. The fourth-order valence-corrected chi connectivity index (χ4v) is 2.03. The van der Waals surface area contributed by atoms with Crippen molar-refractivity contribution in [3.8, 4) is 0 Å². The van der Waals surface area contributed by atoms with Gasteiger partial charge in [-0.05, 0) is 28.7 Å². The van der Waals surface area contributed by atoms with Gasteiger partial charge >= 0.3 is 0 Å². The first kappa shape index (κ1) is 11.1. The van der Waals surface area contributed by atoms with Crippen LogP contribution in [0.1, 0.15) is 31.9 Å². The summed E-state index contributed by atoms with van der Waals surface area (Å²) in [6.45, 7) is 6.60. The summed E-state index contributed by atoms with van der Waals surface area (Å²) >= 11 is 9.33. The minimum Gasteiger partial charge on any atom is -0.122 e. The number of hydrogen-bond donors (Lipinski definition) is 0. The van der Waals surface area contributed by atoms with E-state index in [0.717, 1.165) is 4.47 Å². The second-order valence-electron chi connectivity index (χ2n) is 4.19.